The number of aromatic nitrogens is 1. The van der Waals surface area contributed by atoms with Gasteiger partial charge in [-0.2, -0.15) is 0 Å². The van der Waals surface area contributed by atoms with Crippen molar-refractivity contribution < 1.29 is 36.8 Å². The SMILES string of the molecule is CC(C)(C)c1ccc(C(=O)c2ccc(NC(=O)N=C3CC(OCc4c(-c5ccccc5OC(F)(F)F)noc4C4CP4)C4CC34)cc2)cc1. The van der Waals surface area contributed by atoms with Crippen molar-refractivity contribution in [3.05, 3.63) is 101 Å². The number of ether oxygens (including phenoxy) is 2. The number of carbonyl (C=O) groups excluding carboxylic acids is 2. The van der Waals surface area contributed by atoms with Gasteiger partial charge in [-0.1, -0.05) is 62.3 Å². The fourth-order valence-corrected chi connectivity index (χ4v) is 7.08. The summed E-state index contributed by atoms with van der Waals surface area (Å²) in [5, 5.41) is 6.95. The number of nitrogens with one attached hydrogen (secondary N) is 1. The number of urea groups is 1. The molecule has 49 heavy (non-hydrogen) atoms. The number of aliphatic imine (C=N–C) groups is 1. The Labute approximate surface area is 283 Å². The second-order valence-electron chi connectivity index (χ2n) is 13.7. The van der Waals surface area contributed by atoms with E-state index in [1.807, 2.05) is 24.3 Å². The Morgan fingerprint density at radius 2 is 1.67 bits per heavy atom. The second kappa shape index (κ2) is 12.8. The summed E-state index contributed by atoms with van der Waals surface area (Å²) in [7, 11) is 0.661. The van der Waals surface area contributed by atoms with Crippen LogP contribution in [0.25, 0.3) is 11.3 Å². The number of benzene rings is 3. The highest BCUT2D eigenvalue weighted by Crippen LogP contribution is 2.56. The number of ketones is 1. The minimum absolute atomic E-state index is 0.00614. The number of para-hydroxylation sites is 1. The minimum atomic E-state index is -4.86. The second-order valence-corrected chi connectivity index (χ2v) is 15.2. The normalized spacial score (nSPS) is 22.6. The van der Waals surface area contributed by atoms with Gasteiger partial charge in [0.2, 0.25) is 0 Å². The molecule has 12 heteroatoms. The Balaban J connectivity index is 0.984. The Bertz CT molecular complexity index is 1910. The molecule has 3 aliphatic rings. The number of hydrogen-bond acceptors (Lipinski definition) is 6. The van der Waals surface area contributed by atoms with Crippen LogP contribution in [0.2, 0.25) is 0 Å². The number of alkyl halides is 3. The average Bonchev–Trinajstić information content (AvgIpc) is 3.98. The molecule has 2 saturated carbocycles. The van der Waals surface area contributed by atoms with Crippen LogP contribution in [0.4, 0.5) is 23.7 Å². The predicted octanol–water partition coefficient (Wildman–Crippen LogP) is 9.10. The van der Waals surface area contributed by atoms with Gasteiger partial charge in [0, 0.05) is 51.7 Å². The topological polar surface area (TPSA) is 103 Å². The molecule has 8 nitrogen and oxygen atoms in total. The van der Waals surface area contributed by atoms with Gasteiger partial charge in [-0.3, -0.25) is 4.79 Å². The van der Waals surface area contributed by atoms with Crippen LogP contribution in [0.3, 0.4) is 0 Å². The van der Waals surface area contributed by atoms with E-state index in [0.717, 1.165) is 23.9 Å². The highest BCUT2D eigenvalue weighted by Gasteiger charge is 2.53. The first-order valence-electron chi connectivity index (χ1n) is 16.2. The largest absolute Gasteiger partial charge is 0.573 e. The lowest BCUT2D eigenvalue weighted by atomic mass is 9.86. The first kappa shape index (κ1) is 33.2. The molecule has 0 spiro atoms. The van der Waals surface area contributed by atoms with Crippen LogP contribution in [-0.2, 0) is 16.8 Å². The zero-order chi connectivity index (χ0) is 34.5. The molecule has 0 radical (unpaired) electrons. The van der Waals surface area contributed by atoms with E-state index in [1.54, 1.807) is 30.3 Å². The molecule has 7 rings (SSSR count). The smallest absolute Gasteiger partial charge is 0.405 e. The summed E-state index contributed by atoms with van der Waals surface area (Å²) < 4.78 is 55.7. The fraction of sp³-hybridized carbons (Fsp3) is 0.351. The lowest BCUT2D eigenvalue weighted by Gasteiger charge is -2.19. The van der Waals surface area contributed by atoms with Crippen LogP contribution in [0.1, 0.15) is 72.1 Å². The number of halogens is 3. The number of nitrogens with zero attached hydrogens (tertiary/aromatic N) is 2. The molecule has 2 heterocycles. The monoisotopic (exact) mass is 689 g/mol. The summed E-state index contributed by atoms with van der Waals surface area (Å²) in [6.45, 7) is 6.47. The van der Waals surface area contributed by atoms with Crippen LogP contribution >= 0.6 is 8.58 Å². The molecule has 5 unspecified atom stereocenters. The van der Waals surface area contributed by atoms with Gasteiger partial charge in [-0.05, 0) is 65.9 Å². The van der Waals surface area contributed by atoms with Crippen molar-refractivity contribution in [2.45, 2.75) is 63.8 Å². The van der Waals surface area contributed by atoms with Crippen LogP contribution in [0.15, 0.2) is 82.3 Å². The van der Waals surface area contributed by atoms with Crippen molar-refractivity contribution in [2.24, 2.45) is 16.8 Å². The molecule has 1 N–H and O–H groups in total. The van der Waals surface area contributed by atoms with Crippen LogP contribution < -0.4 is 10.1 Å². The van der Waals surface area contributed by atoms with E-state index >= 15 is 0 Å². The maximum atomic E-state index is 13.1. The molecule has 4 aromatic rings. The molecule has 2 amide bonds. The molecule has 2 aliphatic carbocycles. The molecule has 1 aliphatic heterocycles. The fourth-order valence-electron chi connectivity index (χ4n) is 6.36. The highest BCUT2D eigenvalue weighted by molar-refractivity contribution is 7.47. The average molecular weight is 690 g/mol. The highest BCUT2D eigenvalue weighted by atomic mass is 31.1. The van der Waals surface area contributed by atoms with Gasteiger partial charge < -0.3 is 19.3 Å². The number of carbonyl (C=O) groups is 2. The van der Waals surface area contributed by atoms with E-state index in [4.69, 9.17) is 9.26 Å². The van der Waals surface area contributed by atoms with E-state index in [-0.39, 0.29) is 58.4 Å². The molecular weight excluding hydrogens is 654 g/mol. The summed E-state index contributed by atoms with van der Waals surface area (Å²) in [6, 6.07) is 19.7. The molecule has 1 saturated heterocycles. The van der Waals surface area contributed by atoms with Crippen molar-refractivity contribution in [1.82, 2.24) is 5.16 Å². The summed E-state index contributed by atoms with van der Waals surface area (Å²) >= 11 is 0. The van der Waals surface area contributed by atoms with Crippen LogP contribution in [0, 0.1) is 11.8 Å². The van der Waals surface area contributed by atoms with Crippen molar-refractivity contribution in [2.75, 3.05) is 11.5 Å². The lowest BCUT2D eigenvalue weighted by molar-refractivity contribution is -0.274. The van der Waals surface area contributed by atoms with Crippen molar-refractivity contribution in [1.29, 1.82) is 0 Å². The van der Waals surface area contributed by atoms with E-state index in [2.05, 4.69) is 41.0 Å². The van der Waals surface area contributed by atoms with Gasteiger partial charge in [0.25, 0.3) is 0 Å². The standard InChI is InChI=1S/C37H35F3N3O5P/c1-36(2,3)22-12-8-20(9-13-22)33(44)21-10-14-23(15-11-21)41-35(45)42-28-17-30(26-16-25(26)28)46-18-27-32(43-48-34(27)31-19-49-31)24-6-4-5-7-29(24)47-37(38,39)40/h4-15,25-26,30-31,49H,16-19H2,1-3H3,(H,41,45). The quantitative estimate of drug-likeness (QED) is 0.139. The molecule has 5 atom stereocenters. The number of amides is 2. The summed E-state index contributed by atoms with van der Waals surface area (Å²) in [6.07, 6.45) is -2.80. The maximum absolute atomic E-state index is 13.1. The Morgan fingerprint density at radius 1 is 1.00 bits per heavy atom. The third-order valence-electron chi connectivity index (χ3n) is 9.17. The third-order valence-corrected chi connectivity index (χ3v) is 10.2. The van der Waals surface area contributed by atoms with E-state index < -0.39 is 12.4 Å². The zero-order valence-corrected chi connectivity index (χ0v) is 28.1. The number of fused-ring (bicyclic) bond motifs is 1. The first-order valence-corrected chi connectivity index (χ1v) is 17.4. The van der Waals surface area contributed by atoms with E-state index in [0.29, 0.717) is 43.1 Å². The Hall–Kier alpha value is -4.34. The molecule has 254 valence electrons. The number of rotatable bonds is 9. The van der Waals surface area contributed by atoms with Crippen LogP contribution in [-0.4, -0.2) is 41.3 Å². The van der Waals surface area contributed by atoms with Crippen molar-refractivity contribution >= 4 is 31.8 Å². The maximum Gasteiger partial charge on any atom is 0.573 e. The molecular formula is C37H35F3N3O5P. The summed E-state index contributed by atoms with van der Waals surface area (Å²) in [5.74, 6) is 0.541. The van der Waals surface area contributed by atoms with E-state index in [9.17, 15) is 22.8 Å². The van der Waals surface area contributed by atoms with Gasteiger partial charge in [-0.25, -0.2) is 9.79 Å². The minimum Gasteiger partial charge on any atom is -0.405 e. The van der Waals surface area contributed by atoms with E-state index in [1.165, 1.54) is 18.2 Å². The Kier molecular flexibility index (Phi) is 8.69. The van der Waals surface area contributed by atoms with Gasteiger partial charge in [-0.15, -0.1) is 21.8 Å². The molecule has 3 aromatic carbocycles. The summed E-state index contributed by atoms with van der Waals surface area (Å²) in [4.78, 5) is 30.2. The van der Waals surface area contributed by atoms with Crippen LogP contribution in [0.5, 0.6) is 5.75 Å². The third kappa shape index (κ3) is 7.48. The number of hydrogen-bond donors (Lipinski definition) is 1. The van der Waals surface area contributed by atoms with Gasteiger partial charge in [0.05, 0.1) is 12.7 Å². The van der Waals surface area contributed by atoms with Crippen molar-refractivity contribution in [3.8, 4) is 17.0 Å². The predicted molar refractivity (Wildman–Crippen MR) is 181 cm³/mol. The molecule has 0 bridgehead atoms. The molecule has 1 aromatic heterocycles. The number of anilines is 1. The summed E-state index contributed by atoms with van der Waals surface area (Å²) in [5.41, 5.74) is 4.79. The van der Waals surface area contributed by atoms with Gasteiger partial charge in [0.1, 0.15) is 17.2 Å². The zero-order valence-electron chi connectivity index (χ0n) is 27.1. The lowest BCUT2D eigenvalue weighted by Crippen LogP contribution is -2.18. The van der Waals surface area contributed by atoms with Gasteiger partial charge >= 0.3 is 12.4 Å². The van der Waals surface area contributed by atoms with Gasteiger partial charge in [0.15, 0.2) is 5.78 Å². The Morgan fingerprint density at radius 3 is 2.33 bits per heavy atom. The molecule has 3 fully saturated rings. The van der Waals surface area contributed by atoms with Crippen molar-refractivity contribution in [3.63, 3.8) is 0 Å². The first-order chi connectivity index (χ1) is 23.3.